The van der Waals surface area contributed by atoms with Crippen LogP contribution in [0.2, 0.25) is 10.0 Å². The van der Waals surface area contributed by atoms with Gasteiger partial charge in [0.2, 0.25) is 0 Å². The van der Waals surface area contributed by atoms with Crippen LogP contribution in [-0.2, 0) is 0 Å². The molecule has 2 aromatic heterocycles. The summed E-state index contributed by atoms with van der Waals surface area (Å²) in [5, 5.41) is 5.08. The minimum Gasteiger partial charge on any atom is -0.372 e. The topological polar surface area (TPSA) is 50.7 Å². The maximum atomic E-state index is 6.09. The molecule has 0 unspecified atom stereocenters. The van der Waals surface area contributed by atoms with E-state index in [1.165, 1.54) is 11.8 Å². The van der Waals surface area contributed by atoms with Gasteiger partial charge in [-0.15, -0.1) is 0 Å². The van der Waals surface area contributed by atoms with Gasteiger partial charge in [-0.25, -0.2) is 15.0 Å². The van der Waals surface area contributed by atoms with Gasteiger partial charge in [-0.1, -0.05) is 23.2 Å². The van der Waals surface area contributed by atoms with Crippen LogP contribution in [0.25, 0.3) is 0 Å². The van der Waals surface area contributed by atoms with E-state index in [1.54, 1.807) is 25.5 Å². The van der Waals surface area contributed by atoms with E-state index in [9.17, 15) is 0 Å². The smallest absolute Gasteiger partial charge is 0.193 e. The molecule has 0 saturated carbocycles. The van der Waals surface area contributed by atoms with Gasteiger partial charge in [0.05, 0.1) is 10.0 Å². The molecule has 0 amide bonds. The third-order valence-electron chi connectivity index (χ3n) is 2.08. The number of hydrogen-bond acceptors (Lipinski definition) is 5. The molecule has 0 aliphatic carbocycles. The molecule has 94 valence electrons. The number of nitrogens with one attached hydrogen (secondary N) is 1. The van der Waals surface area contributed by atoms with Crippen LogP contribution < -0.4 is 5.32 Å². The van der Waals surface area contributed by atoms with Crippen molar-refractivity contribution in [2.24, 2.45) is 0 Å². The Morgan fingerprint density at radius 1 is 1.17 bits per heavy atom. The minimum atomic E-state index is 0.480. The van der Waals surface area contributed by atoms with E-state index >= 15 is 0 Å². The quantitative estimate of drug-likeness (QED) is 0.876. The van der Waals surface area contributed by atoms with Crippen molar-refractivity contribution in [3.05, 3.63) is 34.1 Å². The summed E-state index contributed by atoms with van der Waals surface area (Å²) >= 11 is 13.4. The fraction of sp³-hybridized carbons (Fsp3) is 0.182. The molecule has 0 saturated heterocycles. The Labute approximate surface area is 119 Å². The molecule has 2 rings (SSSR count). The van der Waals surface area contributed by atoms with Crippen molar-refractivity contribution in [1.82, 2.24) is 15.0 Å². The highest BCUT2D eigenvalue weighted by atomic mass is 35.5. The number of halogens is 2. The largest absolute Gasteiger partial charge is 0.372 e. The summed E-state index contributed by atoms with van der Waals surface area (Å²) in [6, 6.07) is 1.65. The Hall–Kier alpha value is -1.04. The predicted molar refractivity (Wildman–Crippen MR) is 74.7 cm³/mol. The molecule has 0 radical (unpaired) electrons. The van der Waals surface area contributed by atoms with Crippen LogP contribution in [-0.4, -0.2) is 22.0 Å². The average Bonchev–Trinajstić information content (AvgIpc) is 2.35. The molecule has 4 nitrogen and oxygen atoms in total. The molecule has 0 atom stereocenters. The summed E-state index contributed by atoms with van der Waals surface area (Å²) in [4.78, 5) is 12.7. The Morgan fingerprint density at radius 2 is 1.83 bits per heavy atom. The Morgan fingerprint density at radius 3 is 2.44 bits per heavy atom. The number of nitrogens with zero attached hydrogens (tertiary/aromatic N) is 3. The number of hydrogen-bond donors (Lipinski definition) is 1. The second kappa shape index (κ2) is 5.73. The van der Waals surface area contributed by atoms with Crippen LogP contribution in [0.4, 0.5) is 5.82 Å². The first-order valence-corrected chi connectivity index (χ1v) is 6.67. The third-order valence-corrected chi connectivity index (χ3v) is 3.67. The lowest BCUT2D eigenvalue weighted by atomic mass is 10.4. The van der Waals surface area contributed by atoms with Crippen LogP contribution in [0.1, 0.15) is 5.56 Å². The van der Waals surface area contributed by atoms with Crippen molar-refractivity contribution in [3.8, 4) is 0 Å². The zero-order valence-corrected chi connectivity index (χ0v) is 12.1. The van der Waals surface area contributed by atoms with Crippen molar-refractivity contribution in [1.29, 1.82) is 0 Å². The number of aryl methyl sites for hydroxylation is 1. The molecule has 0 aromatic carbocycles. The molecule has 0 spiro atoms. The highest BCUT2D eigenvalue weighted by Gasteiger charge is 2.11. The van der Waals surface area contributed by atoms with Gasteiger partial charge >= 0.3 is 0 Å². The van der Waals surface area contributed by atoms with E-state index in [4.69, 9.17) is 23.2 Å². The van der Waals surface area contributed by atoms with Crippen molar-refractivity contribution in [3.63, 3.8) is 0 Å². The van der Waals surface area contributed by atoms with Gasteiger partial charge in [0.15, 0.2) is 5.16 Å². The van der Waals surface area contributed by atoms with E-state index in [0.717, 1.165) is 5.56 Å². The molecule has 1 N–H and O–H groups in total. The van der Waals surface area contributed by atoms with E-state index < -0.39 is 0 Å². The van der Waals surface area contributed by atoms with Gasteiger partial charge in [-0.2, -0.15) is 0 Å². The first-order chi connectivity index (χ1) is 8.60. The highest BCUT2D eigenvalue weighted by Crippen LogP contribution is 2.34. The molecule has 0 fully saturated rings. The fourth-order valence-electron chi connectivity index (χ4n) is 1.22. The van der Waals surface area contributed by atoms with Crippen molar-refractivity contribution in [2.45, 2.75) is 17.1 Å². The molecule has 0 aliphatic heterocycles. The summed E-state index contributed by atoms with van der Waals surface area (Å²) in [6.45, 7) is 1.93. The van der Waals surface area contributed by atoms with Crippen molar-refractivity contribution < 1.29 is 0 Å². The zero-order chi connectivity index (χ0) is 13.1. The first kappa shape index (κ1) is 13.4. The van der Waals surface area contributed by atoms with Gasteiger partial charge in [-0.3, -0.25) is 0 Å². The lowest BCUT2D eigenvalue weighted by Crippen LogP contribution is -1.96. The highest BCUT2D eigenvalue weighted by molar-refractivity contribution is 7.99. The summed E-state index contributed by atoms with van der Waals surface area (Å²) in [5.41, 5.74) is 1.01. The molecule has 0 aliphatic rings. The molecule has 2 heterocycles. The minimum absolute atomic E-state index is 0.480. The normalized spacial score (nSPS) is 10.4. The number of rotatable bonds is 3. The van der Waals surface area contributed by atoms with Crippen molar-refractivity contribution >= 4 is 40.8 Å². The number of pyridine rings is 1. The maximum absolute atomic E-state index is 6.09. The third kappa shape index (κ3) is 3.04. The van der Waals surface area contributed by atoms with Gasteiger partial charge in [0.1, 0.15) is 10.8 Å². The Balaban J connectivity index is 2.31. The van der Waals surface area contributed by atoms with Gasteiger partial charge < -0.3 is 5.32 Å². The van der Waals surface area contributed by atoms with Gasteiger partial charge in [0.25, 0.3) is 0 Å². The zero-order valence-electron chi connectivity index (χ0n) is 9.74. The van der Waals surface area contributed by atoms with Gasteiger partial charge in [0, 0.05) is 19.4 Å². The number of aromatic nitrogens is 3. The van der Waals surface area contributed by atoms with Crippen LogP contribution >= 0.6 is 35.0 Å². The molecule has 0 bridgehead atoms. The lowest BCUT2D eigenvalue weighted by Gasteiger charge is -2.07. The summed E-state index contributed by atoms with van der Waals surface area (Å²) in [5.74, 6) is 0.579. The molecular formula is C11H10Cl2N4S. The van der Waals surface area contributed by atoms with Crippen LogP contribution in [0.3, 0.4) is 0 Å². The van der Waals surface area contributed by atoms with Crippen molar-refractivity contribution in [2.75, 3.05) is 12.4 Å². The van der Waals surface area contributed by atoms with Crippen LogP contribution in [0.15, 0.2) is 28.6 Å². The number of anilines is 1. The molecule has 18 heavy (non-hydrogen) atoms. The summed E-state index contributed by atoms with van der Waals surface area (Å²) in [6.07, 6.45) is 3.50. The van der Waals surface area contributed by atoms with Crippen LogP contribution in [0.5, 0.6) is 0 Å². The fourth-order valence-corrected chi connectivity index (χ4v) is 2.46. The van der Waals surface area contributed by atoms with Gasteiger partial charge in [-0.05, 0) is 30.3 Å². The van der Waals surface area contributed by atoms with E-state index in [-0.39, 0.29) is 0 Å². The first-order valence-electron chi connectivity index (χ1n) is 5.10. The SMILES string of the molecule is CNc1nc(Sc2ncc(C)cn2)c(Cl)cc1Cl. The second-order valence-electron chi connectivity index (χ2n) is 3.50. The lowest BCUT2D eigenvalue weighted by molar-refractivity contribution is 0.945. The molecular weight excluding hydrogens is 291 g/mol. The Kier molecular flexibility index (Phi) is 4.27. The summed E-state index contributed by atoms with van der Waals surface area (Å²) < 4.78 is 0. The van der Waals surface area contributed by atoms with E-state index in [2.05, 4.69) is 20.3 Å². The monoisotopic (exact) mass is 300 g/mol. The second-order valence-corrected chi connectivity index (χ2v) is 5.27. The van der Waals surface area contributed by atoms with Crippen LogP contribution in [0, 0.1) is 6.92 Å². The Bertz CT molecular complexity index is 560. The average molecular weight is 301 g/mol. The molecule has 2 aromatic rings. The standard InChI is InChI=1S/C11H10Cl2N4S/c1-6-4-15-11(16-5-6)18-10-8(13)3-7(12)9(14-2)17-10/h3-5H,1-2H3,(H,14,17). The summed E-state index contributed by atoms with van der Waals surface area (Å²) in [7, 11) is 1.75. The van der Waals surface area contributed by atoms with E-state index in [1.807, 2.05) is 6.92 Å². The predicted octanol–water partition coefficient (Wildman–Crippen LogP) is 3.68. The maximum Gasteiger partial charge on any atom is 0.193 e. The van der Waals surface area contributed by atoms with E-state index in [0.29, 0.717) is 26.0 Å². The molecule has 7 heteroatoms.